The summed E-state index contributed by atoms with van der Waals surface area (Å²) in [6, 6.07) is 9.50. The second-order valence-corrected chi connectivity index (χ2v) is 5.70. The van der Waals surface area contributed by atoms with Crippen LogP contribution in [0, 0.1) is 0 Å². The topological polar surface area (TPSA) is 62.7 Å². The van der Waals surface area contributed by atoms with Gasteiger partial charge in [0.05, 0.1) is 12.1 Å². The van der Waals surface area contributed by atoms with Crippen LogP contribution < -0.4 is 10.6 Å². The molecule has 0 atom stereocenters. The van der Waals surface area contributed by atoms with Crippen molar-refractivity contribution in [1.82, 2.24) is 4.90 Å². The van der Waals surface area contributed by atoms with Crippen molar-refractivity contribution in [3.63, 3.8) is 0 Å². The molecule has 3 rings (SSSR count). The van der Waals surface area contributed by atoms with Crippen LogP contribution in [0.25, 0.3) is 0 Å². The molecule has 6 heteroatoms. The van der Waals surface area contributed by atoms with Crippen LogP contribution in [0.5, 0.6) is 0 Å². The summed E-state index contributed by atoms with van der Waals surface area (Å²) in [5.74, 6) is 0.620. The molecule has 5 nitrogen and oxygen atoms in total. The zero-order chi connectivity index (χ0) is 15.5. The van der Waals surface area contributed by atoms with Crippen molar-refractivity contribution in [1.29, 1.82) is 0 Å². The number of carbonyl (C=O) groups excluding carboxylic acids is 1. The fourth-order valence-corrected chi connectivity index (χ4v) is 2.81. The van der Waals surface area contributed by atoms with Crippen LogP contribution >= 0.6 is 11.6 Å². The van der Waals surface area contributed by atoms with E-state index in [1.54, 1.807) is 6.07 Å². The third-order valence-electron chi connectivity index (χ3n) is 3.84. The highest BCUT2D eigenvalue weighted by molar-refractivity contribution is 6.30. The van der Waals surface area contributed by atoms with E-state index in [1.807, 2.05) is 29.2 Å². The van der Waals surface area contributed by atoms with Crippen molar-refractivity contribution < 1.29 is 9.21 Å². The molecule has 2 N–H and O–H groups in total. The summed E-state index contributed by atoms with van der Waals surface area (Å²) in [4.78, 5) is 16.5. The number of carbonyl (C=O) groups is 1. The van der Waals surface area contributed by atoms with E-state index < -0.39 is 0 Å². The molecule has 0 unspecified atom stereocenters. The quantitative estimate of drug-likeness (QED) is 0.943. The third kappa shape index (κ3) is 3.10. The van der Waals surface area contributed by atoms with Gasteiger partial charge in [0.1, 0.15) is 12.0 Å². The summed E-state index contributed by atoms with van der Waals surface area (Å²) >= 11 is 6.03. The Morgan fingerprint density at radius 1 is 1.23 bits per heavy atom. The summed E-state index contributed by atoms with van der Waals surface area (Å²) in [6.07, 6.45) is 1.48. The second kappa shape index (κ2) is 6.42. The number of furan rings is 1. The monoisotopic (exact) mass is 319 g/mol. The lowest BCUT2D eigenvalue weighted by Crippen LogP contribution is -2.48. The minimum absolute atomic E-state index is 0.00538. The average Bonchev–Trinajstić information content (AvgIpc) is 3.03. The van der Waals surface area contributed by atoms with E-state index in [0.717, 1.165) is 23.8 Å². The molecular weight excluding hydrogens is 302 g/mol. The van der Waals surface area contributed by atoms with Gasteiger partial charge in [0.25, 0.3) is 5.91 Å². The molecule has 0 radical (unpaired) electrons. The van der Waals surface area contributed by atoms with Crippen LogP contribution in [0.3, 0.4) is 0 Å². The molecular formula is C16H18ClN3O2. The number of nitrogens with two attached hydrogens (primary N) is 1. The standard InChI is InChI=1S/C16H18ClN3O2/c17-13-2-1-3-14(9-13)19-4-6-20(7-5-19)16(21)12-8-15(10-18)22-11-12/h1-3,8-9,11H,4-7,10,18H2. The average molecular weight is 320 g/mol. The van der Waals surface area contributed by atoms with Gasteiger partial charge in [-0.05, 0) is 24.3 Å². The number of amides is 1. The first-order valence-corrected chi connectivity index (χ1v) is 7.62. The predicted molar refractivity (Wildman–Crippen MR) is 86.2 cm³/mol. The minimum Gasteiger partial charge on any atom is -0.467 e. The molecule has 1 aromatic carbocycles. The zero-order valence-corrected chi connectivity index (χ0v) is 12.9. The highest BCUT2D eigenvalue weighted by Gasteiger charge is 2.23. The van der Waals surface area contributed by atoms with Crippen LogP contribution in [0.15, 0.2) is 41.0 Å². The van der Waals surface area contributed by atoms with Gasteiger partial charge in [0.15, 0.2) is 0 Å². The van der Waals surface area contributed by atoms with Gasteiger partial charge in [0, 0.05) is 36.9 Å². The molecule has 1 fully saturated rings. The van der Waals surface area contributed by atoms with Crippen LogP contribution in [0.4, 0.5) is 5.69 Å². The Bertz CT molecular complexity index is 663. The molecule has 1 amide bonds. The third-order valence-corrected chi connectivity index (χ3v) is 4.08. The number of halogens is 1. The molecule has 2 aromatic rings. The van der Waals surface area contributed by atoms with Gasteiger partial charge in [-0.15, -0.1) is 0 Å². The summed E-state index contributed by atoms with van der Waals surface area (Å²) in [5.41, 5.74) is 7.16. The van der Waals surface area contributed by atoms with Crippen molar-refractivity contribution in [3.8, 4) is 0 Å². The van der Waals surface area contributed by atoms with E-state index in [4.69, 9.17) is 21.8 Å². The van der Waals surface area contributed by atoms with Crippen LogP contribution in [-0.2, 0) is 6.54 Å². The lowest BCUT2D eigenvalue weighted by atomic mass is 10.2. The molecule has 0 bridgehead atoms. The molecule has 1 aliphatic heterocycles. The van der Waals surface area contributed by atoms with Crippen LogP contribution in [0.2, 0.25) is 5.02 Å². The molecule has 2 heterocycles. The first-order chi connectivity index (χ1) is 10.7. The fraction of sp³-hybridized carbons (Fsp3) is 0.312. The second-order valence-electron chi connectivity index (χ2n) is 5.26. The summed E-state index contributed by atoms with van der Waals surface area (Å²) in [7, 11) is 0. The maximum absolute atomic E-state index is 12.4. The Morgan fingerprint density at radius 3 is 2.64 bits per heavy atom. The van der Waals surface area contributed by atoms with Crippen molar-refractivity contribution in [3.05, 3.63) is 52.9 Å². The summed E-state index contributed by atoms with van der Waals surface area (Å²) in [5, 5.41) is 0.726. The molecule has 1 saturated heterocycles. The highest BCUT2D eigenvalue weighted by atomic mass is 35.5. The van der Waals surface area contributed by atoms with Gasteiger partial charge in [-0.3, -0.25) is 4.79 Å². The molecule has 22 heavy (non-hydrogen) atoms. The first kappa shape index (κ1) is 14.9. The van der Waals surface area contributed by atoms with E-state index >= 15 is 0 Å². The highest BCUT2D eigenvalue weighted by Crippen LogP contribution is 2.21. The Labute approximate surface area is 134 Å². The number of rotatable bonds is 3. The number of anilines is 1. The van der Waals surface area contributed by atoms with Crippen molar-refractivity contribution in [2.45, 2.75) is 6.54 Å². The Morgan fingerprint density at radius 2 is 2.00 bits per heavy atom. The largest absolute Gasteiger partial charge is 0.467 e. The van der Waals surface area contributed by atoms with E-state index in [1.165, 1.54) is 6.26 Å². The fourth-order valence-electron chi connectivity index (χ4n) is 2.62. The molecule has 116 valence electrons. The van der Waals surface area contributed by atoms with Crippen molar-refractivity contribution in [2.75, 3.05) is 31.1 Å². The van der Waals surface area contributed by atoms with Gasteiger partial charge in [-0.25, -0.2) is 0 Å². The number of hydrogen-bond acceptors (Lipinski definition) is 4. The van der Waals surface area contributed by atoms with Crippen molar-refractivity contribution >= 4 is 23.2 Å². The normalized spacial score (nSPS) is 15.2. The smallest absolute Gasteiger partial charge is 0.257 e. The maximum atomic E-state index is 12.4. The lowest BCUT2D eigenvalue weighted by molar-refractivity contribution is 0.0746. The molecule has 0 saturated carbocycles. The first-order valence-electron chi connectivity index (χ1n) is 7.24. The number of benzene rings is 1. The van der Waals surface area contributed by atoms with E-state index in [0.29, 0.717) is 31.0 Å². The Kier molecular flexibility index (Phi) is 4.36. The van der Waals surface area contributed by atoms with Gasteiger partial charge in [-0.1, -0.05) is 17.7 Å². The van der Waals surface area contributed by atoms with Gasteiger partial charge >= 0.3 is 0 Å². The molecule has 1 aliphatic rings. The van der Waals surface area contributed by atoms with E-state index in [2.05, 4.69) is 4.90 Å². The van der Waals surface area contributed by atoms with Crippen molar-refractivity contribution in [2.24, 2.45) is 5.73 Å². The Balaban J connectivity index is 1.62. The zero-order valence-electron chi connectivity index (χ0n) is 12.2. The van der Waals surface area contributed by atoms with Gasteiger partial charge < -0.3 is 20.0 Å². The lowest BCUT2D eigenvalue weighted by Gasteiger charge is -2.36. The van der Waals surface area contributed by atoms with Crippen LogP contribution in [-0.4, -0.2) is 37.0 Å². The molecule has 1 aromatic heterocycles. The summed E-state index contributed by atoms with van der Waals surface area (Å²) < 4.78 is 5.23. The number of piperazine rings is 1. The molecule has 0 aliphatic carbocycles. The van der Waals surface area contributed by atoms with E-state index in [-0.39, 0.29) is 5.91 Å². The van der Waals surface area contributed by atoms with Gasteiger partial charge in [-0.2, -0.15) is 0 Å². The molecule has 0 spiro atoms. The Hall–Kier alpha value is -1.98. The maximum Gasteiger partial charge on any atom is 0.257 e. The minimum atomic E-state index is -0.00538. The SMILES string of the molecule is NCc1cc(C(=O)N2CCN(c3cccc(Cl)c3)CC2)co1. The predicted octanol–water partition coefficient (Wildman–Crippen LogP) is 2.35. The van der Waals surface area contributed by atoms with Gasteiger partial charge in [0.2, 0.25) is 0 Å². The number of nitrogens with zero attached hydrogens (tertiary/aromatic N) is 2. The summed E-state index contributed by atoms with van der Waals surface area (Å²) in [6.45, 7) is 3.22. The van der Waals surface area contributed by atoms with E-state index in [9.17, 15) is 4.79 Å². The van der Waals surface area contributed by atoms with Crippen LogP contribution in [0.1, 0.15) is 16.1 Å². The number of hydrogen-bond donors (Lipinski definition) is 1.